The summed E-state index contributed by atoms with van der Waals surface area (Å²) < 4.78 is 6.05. The Balaban J connectivity index is 3.72. The second-order valence-corrected chi connectivity index (χ2v) is 10.2. The van der Waals surface area contributed by atoms with Crippen LogP contribution in [0, 0.1) is 0 Å². The van der Waals surface area contributed by atoms with E-state index in [1.807, 2.05) is 6.08 Å². The molecule has 0 unspecified atom stereocenters. The first-order valence-corrected chi connectivity index (χ1v) is 8.47. The van der Waals surface area contributed by atoms with Gasteiger partial charge in [-0.3, -0.25) is 0 Å². The van der Waals surface area contributed by atoms with Crippen molar-refractivity contribution in [1.29, 1.82) is 0 Å². The van der Waals surface area contributed by atoms with Gasteiger partial charge in [-0.25, -0.2) is 0 Å². The summed E-state index contributed by atoms with van der Waals surface area (Å²) in [5.41, 5.74) is 0. The van der Waals surface area contributed by atoms with Crippen molar-refractivity contribution >= 4 is 8.32 Å². The summed E-state index contributed by atoms with van der Waals surface area (Å²) in [5.74, 6) is 0. The molecule has 0 amide bonds. The van der Waals surface area contributed by atoms with Crippen molar-refractivity contribution in [3.05, 3.63) is 12.7 Å². The number of hydrogen-bond donors (Lipinski definition) is 0. The van der Waals surface area contributed by atoms with Gasteiger partial charge in [0.05, 0.1) is 0 Å². The second-order valence-electron chi connectivity index (χ2n) is 5.39. The molecule has 0 aliphatic rings. The Hall–Kier alpha value is -0.0831. The van der Waals surface area contributed by atoms with Gasteiger partial charge in [-0.1, -0.05) is 26.8 Å². The quantitative estimate of drug-likeness (QED) is 0.362. The van der Waals surface area contributed by atoms with Crippen molar-refractivity contribution in [3.8, 4) is 0 Å². The fraction of sp³-hybridized carbons (Fsp3) is 0.833. The van der Waals surface area contributed by atoms with Crippen LogP contribution in [0.1, 0.15) is 40.0 Å². The lowest BCUT2D eigenvalue weighted by Gasteiger charge is -2.36. The van der Waals surface area contributed by atoms with Gasteiger partial charge in [0.15, 0.2) is 8.32 Å². The average Bonchev–Trinajstić information content (AvgIpc) is 2.02. The van der Waals surface area contributed by atoms with Gasteiger partial charge < -0.3 is 4.43 Å². The van der Waals surface area contributed by atoms with E-state index in [1.54, 1.807) is 0 Å². The van der Waals surface area contributed by atoms with Crippen LogP contribution >= 0.6 is 0 Å². The molecule has 84 valence electrons. The van der Waals surface area contributed by atoms with E-state index in [2.05, 4.69) is 40.4 Å². The first-order valence-electron chi connectivity index (χ1n) is 5.56. The van der Waals surface area contributed by atoms with Crippen LogP contribution < -0.4 is 0 Å². The Labute approximate surface area is 90.7 Å². The molecule has 1 nitrogen and oxygen atoms in total. The molecule has 0 aromatic carbocycles. The normalized spacial score (nSPS) is 12.9. The van der Waals surface area contributed by atoms with E-state index in [0.29, 0.717) is 5.04 Å². The van der Waals surface area contributed by atoms with Gasteiger partial charge in [-0.2, -0.15) is 0 Å². The summed E-state index contributed by atoms with van der Waals surface area (Å²) in [7, 11) is -1.49. The number of unbranched alkanes of at least 4 members (excludes halogenated alkanes) is 2. The molecule has 0 saturated heterocycles. The fourth-order valence-electron chi connectivity index (χ4n) is 0.935. The molecular weight excluding hydrogens is 188 g/mol. The van der Waals surface area contributed by atoms with E-state index in [9.17, 15) is 0 Å². The zero-order valence-electron chi connectivity index (χ0n) is 10.5. The van der Waals surface area contributed by atoms with Gasteiger partial charge in [-0.15, -0.1) is 6.58 Å². The number of allylic oxidation sites excluding steroid dienone is 1. The van der Waals surface area contributed by atoms with Crippen molar-refractivity contribution in [2.75, 3.05) is 6.61 Å². The monoisotopic (exact) mass is 214 g/mol. The lowest BCUT2D eigenvalue weighted by Crippen LogP contribution is -2.40. The standard InChI is InChI=1S/C12H26OSi/c1-7-8-9-10-11-13-14(5,6)12(2,3)4/h7H,1,8-11H2,2-6H3. The third-order valence-electron chi connectivity index (χ3n) is 3.07. The van der Waals surface area contributed by atoms with E-state index < -0.39 is 8.32 Å². The molecule has 0 fully saturated rings. The maximum Gasteiger partial charge on any atom is 0.191 e. The second kappa shape index (κ2) is 5.71. The molecule has 2 heteroatoms. The van der Waals surface area contributed by atoms with E-state index >= 15 is 0 Å². The molecule has 0 N–H and O–H groups in total. The molecular formula is C12H26OSi. The van der Waals surface area contributed by atoms with Crippen LogP contribution in [0.25, 0.3) is 0 Å². The maximum absolute atomic E-state index is 6.05. The van der Waals surface area contributed by atoms with Gasteiger partial charge in [0.2, 0.25) is 0 Å². The molecule has 0 aromatic heterocycles. The molecule has 0 radical (unpaired) electrons. The zero-order valence-corrected chi connectivity index (χ0v) is 11.5. The minimum atomic E-state index is -1.49. The van der Waals surface area contributed by atoms with Gasteiger partial charge >= 0.3 is 0 Å². The summed E-state index contributed by atoms with van der Waals surface area (Å²) >= 11 is 0. The Morgan fingerprint density at radius 2 is 1.79 bits per heavy atom. The third kappa shape index (κ3) is 4.96. The maximum atomic E-state index is 6.05. The Kier molecular flexibility index (Phi) is 5.68. The fourth-order valence-corrected chi connectivity index (χ4v) is 2.02. The topological polar surface area (TPSA) is 9.23 Å². The summed E-state index contributed by atoms with van der Waals surface area (Å²) in [6.45, 7) is 16.1. The van der Waals surface area contributed by atoms with Crippen molar-refractivity contribution in [3.63, 3.8) is 0 Å². The van der Waals surface area contributed by atoms with Gasteiger partial charge in [0.25, 0.3) is 0 Å². The number of hydrogen-bond acceptors (Lipinski definition) is 1. The Morgan fingerprint density at radius 1 is 1.21 bits per heavy atom. The van der Waals surface area contributed by atoms with Crippen LogP contribution in [-0.2, 0) is 4.43 Å². The average molecular weight is 214 g/mol. The smallest absolute Gasteiger partial charge is 0.191 e. The molecule has 0 saturated carbocycles. The van der Waals surface area contributed by atoms with Gasteiger partial charge in [0, 0.05) is 6.61 Å². The van der Waals surface area contributed by atoms with Gasteiger partial charge in [-0.05, 0) is 37.4 Å². The minimum absolute atomic E-state index is 0.339. The Bertz CT molecular complexity index is 168. The largest absolute Gasteiger partial charge is 0.417 e. The molecule has 0 aliphatic heterocycles. The zero-order chi connectivity index (χ0) is 11.2. The van der Waals surface area contributed by atoms with Crippen LogP contribution in [0.15, 0.2) is 12.7 Å². The Morgan fingerprint density at radius 3 is 2.21 bits per heavy atom. The SMILES string of the molecule is C=CCCCCO[Si](C)(C)C(C)(C)C. The lowest BCUT2D eigenvalue weighted by molar-refractivity contribution is 0.279. The van der Waals surface area contributed by atoms with Crippen molar-refractivity contribution in [2.24, 2.45) is 0 Å². The van der Waals surface area contributed by atoms with E-state index in [1.165, 1.54) is 12.8 Å². The predicted molar refractivity (Wildman–Crippen MR) is 67.2 cm³/mol. The van der Waals surface area contributed by atoms with Crippen LogP contribution in [0.4, 0.5) is 0 Å². The van der Waals surface area contributed by atoms with Crippen LogP contribution in [0.5, 0.6) is 0 Å². The van der Waals surface area contributed by atoms with Crippen molar-refractivity contribution in [2.45, 2.75) is 58.2 Å². The summed E-state index contributed by atoms with van der Waals surface area (Å²) in [6, 6.07) is 0. The first kappa shape index (κ1) is 13.9. The van der Waals surface area contributed by atoms with Crippen LogP contribution in [0.2, 0.25) is 18.1 Å². The van der Waals surface area contributed by atoms with Crippen LogP contribution in [0.3, 0.4) is 0 Å². The summed E-state index contributed by atoms with van der Waals surface area (Å²) in [6.07, 6.45) is 5.46. The highest BCUT2D eigenvalue weighted by Crippen LogP contribution is 2.36. The molecule has 0 aliphatic carbocycles. The minimum Gasteiger partial charge on any atom is -0.417 e. The molecule has 14 heavy (non-hydrogen) atoms. The molecule has 0 aromatic rings. The van der Waals surface area contributed by atoms with Crippen LogP contribution in [-0.4, -0.2) is 14.9 Å². The van der Waals surface area contributed by atoms with Crippen molar-refractivity contribution in [1.82, 2.24) is 0 Å². The van der Waals surface area contributed by atoms with E-state index in [4.69, 9.17) is 4.43 Å². The van der Waals surface area contributed by atoms with Crippen molar-refractivity contribution < 1.29 is 4.43 Å². The predicted octanol–water partition coefficient (Wildman–Crippen LogP) is 4.36. The van der Waals surface area contributed by atoms with E-state index in [0.717, 1.165) is 13.0 Å². The highest BCUT2D eigenvalue weighted by molar-refractivity contribution is 6.74. The highest BCUT2D eigenvalue weighted by Gasteiger charge is 2.36. The van der Waals surface area contributed by atoms with E-state index in [-0.39, 0.29) is 0 Å². The highest BCUT2D eigenvalue weighted by atomic mass is 28.4. The molecule has 0 bridgehead atoms. The number of rotatable bonds is 6. The molecule has 0 atom stereocenters. The third-order valence-corrected chi connectivity index (χ3v) is 7.61. The molecule has 0 heterocycles. The summed E-state index contributed by atoms with van der Waals surface area (Å²) in [4.78, 5) is 0. The summed E-state index contributed by atoms with van der Waals surface area (Å²) in [5, 5.41) is 0.339. The van der Waals surface area contributed by atoms with Gasteiger partial charge in [0.1, 0.15) is 0 Å². The molecule has 0 rings (SSSR count). The first-order chi connectivity index (χ1) is 6.31. The lowest BCUT2D eigenvalue weighted by atomic mass is 10.2. The molecule has 0 spiro atoms.